The molecular formula is C21H24FN5OS. The summed E-state index contributed by atoms with van der Waals surface area (Å²) in [4.78, 5) is 17.0. The molecule has 1 aliphatic rings. The molecule has 3 aromatic rings. The summed E-state index contributed by atoms with van der Waals surface area (Å²) in [5, 5.41) is 16.6. The zero-order chi connectivity index (χ0) is 20.4. The lowest BCUT2D eigenvalue weighted by molar-refractivity contribution is 0.0939. The van der Waals surface area contributed by atoms with Crippen LogP contribution in [0.2, 0.25) is 0 Å². The van der Waals surface area contributed by atoms with E-state index in [0.717, 1.165) is 53.5 Å². The predicted octanol–water partition coefficient (Wildman–Crippen LogP) is 3.94. The number of benzene rings is 1. The predicted molar refractivity (Wildman–Crippen MR) is 113 cm³/mol. The molecule has 2 aromatic heterocycles. The van der Waals surface area contributed by atoms with Crippen molar-refractivity contribution >= 4 is 17.2 Å². The number of aromatic amines is 1. The van der Waals surface area contributed by atoms with Crippen LogP contribution in [0.4, 0.5) is 4.39 Å². The summed E-state index contributed by atoms with van der Waals surface area (Å²) in [6, 6.07) is 6.35. The van der Waals surface area contributed by atoms with E-state index in [1.165, 1.54) is 23.5 Å². The van der Waals surface area contributed by atoms with Gasteiger partial charge in [0.05, 0.1) is 5.56 Å². The Hall–Kier alpha value is -2.58. The fraction of sp³-hybridized carbons (Fsp3) is 0.381. The number of aromatic nitrogens is 3. The van der Waals surface area contributed by atoms with Gasteiger partial charge in [0.2, 0.25) is 0 Å². The molecule has 29 heavy (non-hydrogen) atoms. The van der Waals surface area contributed by atoms with Gasteiger partial charge in [0.15, 0.2) is 0 Å². The first-order valence-corrected chi connectivity index (χ1v) is 10.7. The summed E-state index contributed by atoms with van der Waals surface area (Å²) >= 11 is 1.43. The smallest absolute Gasteiger partial charge is 0.270 e. The van der Waals surface area contributed by atoms with E-state index in [1.54, 1.807) is 17.5 Å². The molecule has 3 N–H and O–H groups in total. The minimum atomic E-state index is -0.286. The maximum absolute atomic E-state index is 13.4. The molecule has 1 saturated heterocycles. The fourth-order valence-electron chi connectivity index (χ4n) is 3.62. The summed E-state index contributed by atoms with van der Waals surface area (Å²) in [7, 11) is 0. The van der Waals surface area contributed by atoms with Crippen LogP contribution in [-0.4, -0.2) is 40.2 Å². The first kappa shape index (κ1) is 19.7. The standard InChI is InChI=1S/C21H24FN5OS/c1-12(2)24-20(28)16-11-29-21(25-16)17-18(13-3-5-15(22)6-4-13)26-27-19(17)14-7-9-23-10-8-14/h3-6,11-12,14,23H,7-10H2,1-2H3,(H,24,28)(H,26,27). The molecule has 3 heterocycles. The summed E-state index contributed by atoms with van der Waals surface area (Å²) in [5.41, 5.74) is 3.92. The molecule has 0 unspecified atom stereocenters. The van der Waals surface area contributed by atoms with E-state index in [4.69, 9.17) is 0 Å². The van der Waals surface area contributed by atoms with Gasteiger partial charge in [-0.2, -0.15) is 5.10 Å². The van der Waals surface area contributed by atoms with Gasteiger partial charge in [-0.05, 0) is 64.0 Å². The number of hydrogen-bond acceptors (Lipinski definition) is 5. The minimum absolute atomic E-state index is 0.0432. The SMILES string of the molecule is CC(C)NC(=O)c1csc(-c2c(-c3ccc(F)cc3)n[nH]c2C2CCNCC2)n1. The molecule has 0 spiro atoms. The third-order valence-corrected chi connectivity index (χ3v) is 5.89. The maximum atomic E-state index is 13.4. The lowest BCUT2D eigenvalue weighted by Crippen LogP contribution is -2.30. The number of thiazole rings is 1. The number of piperidine rings is 1. The highest BCUT2D eigenvalue weighted by atomic mass is 32.1. The van der Waals surface area contributed by atoms with Gasteiger partial charge in [-0.1, -0.05) is 0 Å². The van der Waals surface area contributed by atoms with Gasteiger partial charge in [0.25, 0.3) is 5.91 Å². The fourth-order valence-corrected chi connectivity index (χ4v) is 4.48. The molecule has 1 aliphatic heterocycles. The van der Waals surface area contributed by atoms with E-state index in [1.807, 2.05) is 13.8 Å². The van der Waals surface area contributed by atoms with Crippen LogP contribution in [-0.2, 0) is 0 Å². The van der Waals surface area contributed by atoms with E-state index in [0.29, 0.717) is 11.6 Å². The van der Waals surface area contributed by atoms with Crippen LogP contribution < -0.4 is 10.6 Å². The third-order valence-electron chi connectivity index (χ3n) is 5.03. The lowest BCUT2D eigenvalue weighted by atomic mass is 9.91. The Morgan fingerprint density at radius 3 is 2.66 bits per heavy atom. The number of H-pyrrole nitrogens is 1. The topological polar surface area (TPSA) is 82.7 Å². The van der Waals surface area contributed by atoms with Gasteiger partial charge in [0.1, 0.15) is 22.2 Å². The van der Waals surface area contributed by atoms with Crippen molar-refractivity contribution in [1.29, 1.82) is 0 Å². The van der Waals surface area contributed by atoms with Crippen molar-refractivity contribution in [2.75, 3.05) is 13.1 Å². The Labute approximate surface area is 173 Å². The highest BCUT2D eigenvalue weighted by molar-refractivity contribution is 7.13. The van der Waals surface area contributed by atoms with Crippen LogP contribution in [0.15, 0.2) is 29.6 Å². The van der Waals surface area contributed by atoms with Crippen LogP contribution >= 0.6 is 11.3 Å². The Kier molecular flexibility index (Phi) is 5.73. The first-order chi connectivity index (χ1) is 14.0. The number of carbonyl (C=O) groups is 1. The number of nitrogens with zero attached hydrogens (tertiary/aromatic N) is 2. The van der Waals surface area contributed by atoms with Gasteiger partial charge in [-0.3, -0.25) is 9.89 Å². The van der Waals surface area contributed by atoms with E-state index >= 15 is 0 Å². The summed E-state index contributed by atoms with van der Waals surface area (Å²) in [6.07, 6.45) is 2.01. The van der Waals surface area contributed by atoms with Crippen molar-refractivity contribution < 1.29 is 9.18 Å². The van der Waals surface area contributed by atoms with Crippen molar-refractivity contribution in [2.45, 2.75) is 38.6 Å². The molecule has 6 nitrogen and oxygen atoms in total. The average molecular weight is 414 g/mol. The molecule has 8 heteroatoms. The maximum Gasteiger partial charge on any atom is 0.270 e. The molecule has 1 aromatic carbocycles. The lowest BCUT2D eigenvalue weighted by Gasteiger charge is -2.22. The van der Waals surface area contributed by atoms with Gasteiger partial charge in [0, 0.05) is 28.6 Å². The van der Waals surface area contributed by atoms with Crippen molar-refractivity contribution in [1.82, 2.24) is 25.8 Å². The van der Waals surface area contributed by atoms with E-state index in [-0.39, 0.29) is 17.8 Å². The number of rotatable bonds is 5. The highest BCUT2D eigenvalue weighted by Crippen LogP contribution is 2.40. The number of nitrogens with one attached hydrogen (secondary N) is 3. The molecule has 4 rings (SSSR count). The summed E-state index contributed by atoms with van der Waals surface area (Å²) in [5.74, 6) is -0.131. The normalized spacial score (nSPS) is 15.0. The second-order valence-corrected chi connectivity index (χ2v) is 8.42. The van der Waals surface area contributed by atoms with Crippen LogP contribution in [0.3, 0.4) is 0 Å². The van der Waals surface area contributed by atoms with Crippen molar-refractivity contribution in [3.05, 3.63) is 46.9 Å². The zero-order valence-corrected chi connectivity index (χ0v) is 17.3. The molecule has 0 bridgehead atoms. The van der Waals surface area contributed by atoms with Gasteiger partial charge in [-0.25, -0.2) is 9.37 Å². The van der Waals surface area contributed by atoms with Crippen molar-refractivity contribution in [2.24, 2.45) is 0 Å². The zero-order valence-electron chi connectivity index (χ0n) is 16.5. The first-order valence-electron chi connectivity index (χ1n) is 9.84. The Balaban J connectivity index is 1.77. The van der Waals surface area contributed by atoms with E-state index < -0.39 is 0 Å². The summed E-state index contributed by atoms with van der Waals surface area (Å²) < 4.78 is 13.4. The average Bonchev–Trinajstić information content (AvgIpc) is 3.36. The Bertz CT molecular complexity index is 989. The Morgan fingerprint density at radius 1 is 1.24 bits per heavy atom. The number of carbonyl (C=O) groups excluding carboxylic acids is 1. The molecule has 0 saturated carbocycles. The molecule has 1 fully saturated rings. The largest absolute Gasteiger partial charge is 0.349 e. The molecule has 1 amide bonds. The van der Waals surface area contributed by atoms with Crippen molar-refractivity contribution in [3.63, 3.8) is 0 Å². The molecule has 0 aliphatic carbocycles. The van der Waals surface area contributed by atoms with Crippen LogP contribution in [0.25, 0.3) is 21.8 Å². The molecule has 0 radical (unpaired) electrons. The van der Waals surface area contributed by atoms with E-state index in [2.05, 4.69) is 25.8 Å². The van der Waals surface area contributed by atoms with Gasteiger partial charge < -0.3 is 10.6 Å². The number of amides is 1. The van der Waals surface area contributed by atoms with E-state index in [9.17, 15) is 9.18 Å². The highest BCUT2D eigenvalue weighted by Gasteiger charge is 2.27. The van der Waals surface area contributed by atoms with Gasteiger partial charge in [-0.15, -0.1) is 11.3 Å². The van der Waals surface area contributed by atoms with Crippen LogP contribution in [0.5, 0.6) is 0 Å². The second kappa shape index (κ2) is 8.42. The van der Waals surface area contributed by atoms with Gasteiger partial charge >= 0.3 is 0 Å². The molecule has 152 valence electrons. The monoisotopic (exact) mass is 413 g/mol. The van der Waals surface area contributed by atoms with Crippen molar-refractivity contribution in [3.8, 4) is 21.8 Å². The molecular weight excluding hydrogens is 389 g/mol. The quantitative estimate of drug-likeness (QED) is 0.592. The third kappa shape index (κ3) is 4.23. The van der Waals surface area contributed by atoms with Crippen LogP contribution in [0.1, 0.15) is 48.8 Å². The molecule has 0 atom stereocenters. The Morgan fingerprint density at radius 2 is 1.97 bits per heavy atom. The minimum Gasteiger partial charge on any atom is -0.349 e. The second-order valence-electron chi connectivity index (χ2n) is 7.56. The summed E-state index contributed by atoms with van der Waals surface area (Å²) in [6.45, 7) is 5.75. The number of hydrogen-bond donors (Lipinski definition) is 3. The van der Waals surface area contributed by atoms with Crippen LogP contribution in [0, 0.1) is 5.82 Å². The number of halogens is 1.